The Bertz CT molecular complexity index is 587. The zero-order valence-corrected chi connectivity index (χ0v) is 12.4. The molecule has 4 nitrogen and oxygen atoms in total. The molecule has 1 heterocycles. The van der Waals surface area contributed by atoms with Gasteiger partial charge in [0.1, 0.15) is 17.3 Å². The lowest BCUT2D eigenvalue weighted by molar-refractivity contribution is 0.395. The zero-order valence-electron chi connectivity index (χ0n) is 12.4. The number of anilines is 1. The lowest BCUT2D eigenvalue weighted by Crippen LogP contribution is -2.12. The van der Waals surface area contributed by atoms with Crippen LogP contribution in [0.15, 0.2) is 36.5 Å². The van der Waals surface area contributed by atoms with Crippen molar-refractivity contribution in [3.63, 3.8) is 0 Å². The second-order valence-corrected chi connectivity index (χ2v) is 4.57. The van der Waals surface area contributed by atoms with Gasteiger partial charge in [-0.1, -0.05) is 6.92 Å². The SMILES string of the molecule is CCC(Nc1ccc(OC)cc1OC)c1ccc(F)cn1. The maximum Gasteiger partial charge on any atom is 0.145 e. The van der Waals surface area contributed by atoms with Crippen molar-refractivity contribution in [3.05, 3.63) is 48.0 Å². The van der Waals surface area contributed by atoms with Crippen LogP contribution in [0, 0.1) is 5.82 Å². The molecule has 0 bridgehead atoms. The fourth-order valence-corrected chi connectivity index (χ4v) is 2.08. The molecule has 2 aromatic rings. The largest absolute Gasteiger partial charge is 0.497 e. The number of methoxy groups -OCH3 is 2. The van der Waals surface area contributed by atoms with Crippen LogP contribution in [0.3, 0.4) is 0 Å². The summed E-state index contributed by atoms with van der Waals surface area (Å²) < 4.78 is 23.5. The number of aromatic nitrogens is 1. The molecule has 0 aliphatic rings. The number of benzene rings is 1. The number of hydrogen-bond donors (Lipinski definition) is 1. The summed E-state index contributed by atoms with van der Waals surface area (Å²) >= 11 is 0. The van der Waals surface area contributed by atoms with Gasteiger partial charge < -0.3 is 14.8 Å². The summed E-state index contributed by atoms with van der Waals surface area (Å²) in [6, 6.07) is 8.64. The summed E-state index contributed by atoms with van der Waals surface area (Å²) in [6.45, 7) is 2.04. The highest BCUT2D eigenvalue weighted by molar-refractivity contribution is 5.60. The van der Waals surface area contributed by atoms with Crippen molar-refractivity contribution in [3.8, 4) is 11.5 Å². The second-order valence-electron chi connectivity index (χ2n) is 4.57. The van der Waals surface area contributed by atoms with Gasteiger partial charge in [-0.25, -0.2) is 4.39 Å². The Kier molecular flexibility index (Phi) is 4.98. The van der Waals surface area contributed by atoms with Crippen molar-refractivity contribution in [1.29, 1.82) is 0 Å². The van der Waals surface area contributed by atoms with Crippen LogP contribution in [-0.4, -0.2) is 19.2 Å². The van der Waals surface area contributed by atoms with Crippen molar-refractivity contribution in [2.75, 3.05) is 19.5 Å². The third-order valence-corrected chi connectivity index (χ3v) is 3.25. The molecule has 0 saturated carbocycles. The van der Waals surface area contributed by atoms with Crippen LogP contribution < -0.4 is 14.8 Å². The molecular weight excluding hydrogens is 271 g/mol. The number of rotatable bonds is 6. The molecular formula is C16H19FN2O2. The first kappa shape index (κ1) is 15.1. The molecule has 1 unspecified atom stereocenters. The highest BCUT2D eigenvalue weighted by atomic mass is 19.1. The first-order valence-corrected chi connectivity index (χ1v) is 6.78. The monoisotopic (exact) mass is 290 g/mol. The maximum atomic E-state index is 13.0. The molecule has 0 spiro atoms. The number of nitrogens with one attached hydrogen (secondary N) is 1. The van der Waals surface area contributed by atoms with E-state index in [1.165, 1.54) is 12.3 Å². The normalized spacial score (nSPS) is 11.8. The predicted molar refractivity (Wildman–Crippen MR) is 80.4 cm³/mol. The lowest BCUT2D eigenvalue weighted by atomic mass is 10.1. The Morgan fingerprint density at radius 2 is 2.00 bits per heavy atom. The van der Waals surface area contributed by atoms with Crippen molar-refractivity contribution >= 4 is 5.69 Å². The van der Waals surface area contributed by atoms with Crippen molar-refractivity contribution in [1.82, 2.24) is 4.98 Å². The average Bonchev–Trinajstić information content (AvgIpc) is 2.53. The Hall–Kier alpha value is -2.30. The third-order valence-electron chi connectivity index (χ3n) is 3.25. The molecule has 0 saturated heterocycles. The summed E-state index contributed by atoms with van der Waals surface area (Å²) in [4.78, 5) is 4.13. The lowest BCUT2D eigenvalue weighted by Gasteiger charge is -2.20. The van der Waals surface area contributed by atoms with Crippen LogP contribution >= 0.6 is 0 Å². The van der Waals surface area contributed by atoms with Gasteiger partial charge in [0.15, 0.2) is 0 Å². The third kappa shape index (κ3) is 3.62. The van der Waals surface area contributed by atoms with Gasteiger partial charge in [0, 0.05) is 6.07 Å². The average molecular weight is 290 g/mol. The van der Waals surface area contributed by atoms with E-state index in [4.69, 9.17) is 9.47 Å². The van der Waals surface area contributed by atoms with Crippen LogP contribution in [0.4, 0.5) is 10.1 Å². The van der Waals surface area contributed by atoms with Gasteiger partial charge >= 0.3 is 0 Å². The van der Waals surface area contributed by atoms with Crippen LogP contribution in [0.2, 0.25) is 0 Å². The first-order valence-electron chi connectivity index (χ1n) is 6.78. The summed E-state index contributed by atoms with van der Waals surface area (Å²) in [6.07, 6.45) is 2.04. The van der Waals surface area contributed by atoms with Crippen molar-refractivity contribution in [2.45, 2.75) is 19.4 Å². The molecule has 0 radical (unpaired) electrons. The molecule has 5 heteroatoms. The number of halogens is 1. The van der Waals surface area contributed by atoms with E-state index in [9.17, 15) is 4.39 Å². The minimum Gasteiger partial charge on any atom is -0.497 e. The fourth-order valence-electron chi connectivity index (χ4n) is 2.08. The van der Waals surface area contributed by atoms with E-state index in [0.29, 0.717) is 5.75 Å². The fraction of sp³-hybridized carbons (Fsp3) is 0.312. The van der Waals surface area contributed by atoms with Gasteiger partial charge in [-0.05, 0) is 30.7 Å². The van der Waals surface area contributed by atoms with Crippen LogP contribution in [0.25, 0.3) is 0 Å². The van der Waals surface area contributed by atoms with E-state index in [1.807, 2.05) is 25.1 Å². The number of pyridine rings is 1. The van der Waals surface area contributed by atoms with Gasteiger partial charge in [0.05, 0.1) is 37.8 Å². The zero-order chi connectivity index (χ0) is 15.2. The van der Waals surface area contributed by atoms with Gasteiger partial charge in [0.25, 0.3) is 0 Å². The molecule has 0 fully saturated rings. The number of hydrogen-bond acceptors (Lipinski definition) is 4. The topological polar surface area (TPSA) is 43.4 Å². The molecule has 21 heavy (non-hydrogen) atoms. The predicted octanol–water partition coefficient (Wildman–Crippen LogP) is 3.80. The molecule has 0 aliphatic heterocycles. The Morgan fingerprint density at radius 3 is 2.57 bits per heavy atom. The van der Waals surface area contributed by atoms with Crippen LogP contribution in [-0.2, 0) is 0 Å². The van der Waals surface area contributed by atoms with E-state index in [2.05, 4.69) is 10.3 Å². The molecule has 1 aromatic heterocycles. The smallest absolute Gasteiger partial charge is 0.145 e. The summed E-state index contributed by atoms with van der Waals surface area (Å²) in [5.74, 6) is 1.08. The molecule has 1 N–H and O–H groups in total. The Balaban J connectivity index is 2.24. The highest BCUT2D eigenvalue weighted by Crippen LogP contribution is 2.32. The molecule has 0 amide bonds. The Labute approximate surface area is 123 Å². The highest BCUT2D eigenvalue weighted by Gasteiger charge is 2.13. The van der Waals surface area contributed by atoms with Crippen LogP contribution in [0.1, 0.15) is 25.1 Å². The summed E-state index contributed by atoms with van der Waals surface area (Å²) in [5, 5.41) is 3.37. The minimum atomic E-state index is -0.337. The van der Waals surface area contributed by atoms with Crippen LogP contribution in [0.5, 0.6) is 11.5 Å². The van der Waals surface area contributed by atoms with E-state index < -0.39 is 0 Å². The van der Waals surface area contributed by atoms with Crippen molar-refractivity contribution in [2.24, 2.45) is 0 Å². The molecule has 1 atom stereocenters. The molecule has 2 rings (SSSR count). The van der Waals surface area contributed by atoms with Gasteiger partial charge in [0.2, 0.25) is 0 Å². The quantitative estimate of drug-likeness (QED) is 0.878. The van der Waals surface area contributed by atoms with Gasteiger partial charge in [-0.15, -0.1) is 0 Å². The number of ether oxygens (including phenoxy) is 2. The van der Waals surface area contributed by atoms with E-state index in [0.717, 1.165) is 23.6 Å². The molecule has 0 aliphatic carbocycles. The first-order chi connectivity index (χ1) is 10.2. The maximum absolute atomic E-state index is 13.0. The van der Waals surface area contributed by atoms with E-state index in [-0.39, 0.29) is 11.9 Å². The minimum absolute atomic E-state index is 0.0205. The van der Waals surface area contributed by atoms with Gasteiger partial charge in [-0.2, -0.15) is 0 Å². The second kappa shape index (κ2) is 6.92. The van der Waals surface area contributed by atoms with E-state index in [1.54, 1.807) is 20.3 Å². The number of nitrogens with zero attached hydrogens (tertiary/aromatic N) is 1. The standard InChI is InChI=1S/C16H19FN2O2/c1-4-13(14-7-5-11(17)10-18-14)19-15-8-6-12(20-2)9-16(15)21-3/h5-10,13,19H,4H2,1-3H3. The summed E-state index contributed by atoms with van der Waals surface area (Å²) in [7, 11) is 3.22. The van der Waals surface area contributed by atoms with Gasteiger partial charge in [-0.3, -0.25) is 4.98 Å². The van der Waals surface area contributed by atoms with Crippen molar-refractivity contribution < 1.29 is 13.9 Å². The molecule has 1 aromatic carbocycles. The van der Waals surface area contributed by atoms with E-state index >= 15 is 0 Å². The Morgan fingerprint density at radius 1 is 1.19 bits per heavy atom. The summed E-state index contributed by atoms with van der Waals surface area (Å²) in [5.41, 5.74) is 1.63. The molecule has 112 valence electrons.